The summed E-state index contributed by atoms with van der Waals surface area (Å²) in [6, 6.07) is 8.51. The maximum atomic E-state index is 5.78. The van der Waals surface area contributed by atoms with Crippen LogP contribution in [0.1, 0.15) is 52.1 Å². The molecule has 1 aromatic rings. The molecule has 0 aliphatic heterocycles. The molecular formula is C17H29NO2. The molecule has 2 atom stereocenters. The Kier molecular flexibility index (Phi) is 7.03. The number of methoxy groups -OCH3 is 1. The molecule has 3 heteroatoms. The van der Waals surface area contributed by atoms with Crippen molar-refractivity contribution < 1.29 is 9.47 Å². The number of hydrogen-bond donors (Lipinski definition) is 1. The molecular weight excluding hydrogens is 250 g/mol. The lowest BCUT2D eigenvalue weighted by Gasteiger charge is -2.37. The summed E-state index contributed by atoms with van der Waals surface area (Å²) in [7, 11) is 1.79. The lowest BCUT2D eigenvalue weighted by Crippen LogP contribution is -2.43. The Balaban J connectivity index is 2.97. The van der Waals surface area contributed by atoms with E-state index in [1.54, 1.807) is 7.11 Å². The van der Waals surface area contributed by atoms with Crippen molar-refractivity contribution in [1.29, 1.82) is 0 Å². The van der Waals surface area contributed by atoms with Gasteiger partial charge < -0.3 is 14.8 Å². The van der Waals surface area contributed by atoms with E-state index in [1.165, 1.54) is 5.56 Å². The van der Waals surface area contributed by atoms with E-state index >= 15 is 0 Å². The molecule has 0 fully saturated rings. The van der Waals surface area contributed by atoms with Gasteiger partial charge in [0.25, 0.3) is 0 Å². The molecule has 0 saturated heterocycles. The van der Waals surface area contributed by atoms with Crippen LogP contribution < -0.4 is 10.1 Å². The third kappa shape index (κ3) is 4.22. The van der Waals surface area contributed by atoms with E-state index in [9.17, 15) is 0 Å². The molecule has 3 nitrogen and oxygen atoms in total. The predicted molar refractivity (Wildman–Crippen MR) is 84.4 cm³/mol. The summed E-state index contributed by atoms with van der Waals surface area (Å²) in [5.41, 5.74) is 1.04. The van der Waals surface area contributed by atoms with Gasteiger partial charge in [-0.25, -0.2) is 0 Å². The van der Waals surface area contributed by atoms with Crippen LogP contribution in [0, 0.1) is 0 Å². The van der Waals surface area contributed by atoms with Gasteiger partial charge in [-0.15, -0.1) is 0 Å². The van der Waals surface area contributed by atoms with Gasteiger partial charge in [-0.2, -0.15) is 0 Å². The second-order valence-corrected chi connectivity index (χ2v) is 5.26. The first kappa shape index (κ1) is 17.0. The topological polar surface area (TPSA) is 30.5 Å². The highest BCUT2D eigenvalue weighted by molar-refractivity contribution is 5.30. The van der Waals surface area contributed by atoms with Crippen LogP contribution >= 0.6 is 0 Å². The number of nitrogens with one attached hydrogen (secondary N) is 1. The standard InChI is InChI=1S/C17H29NO2/c1-6-13-18-16(17(4,7-2)19-5)14-9-11-15(12-10-14)20-8-3/h9-12,16,18H,6-8,13H2,1-5H3. The van der Waals surface area contributed by atoms with Gasteiger partial charge in [0.15, 0.2) is 0 Å². The van der Waals surface area contributed by atoms with Crippen molar-refractivity contribution in [3.8, 4) is 5.75 Å². The van der Waals surface area contributed by atoms with Gasteiger partial charge in [0.05, 0.1) is 18.2 Å². The largest absolute Gasteiger partial charge is 0.494 e. The lowest BCUT2D eigenvalue weighted by atomic mass is 9.87. The quantitative estimate of drug-likeness (QED) is 0.742. The fourth-order valence-electron chi connectivity index (χ4n) is 2.36. The van der Waals surface area contributed by atoms with E-state index in [0.29, 0.717) is 6.61 Å². The molecule has 0 amide bonds. The van der Waals surface area contributed by atoms with Crippen molar-refractivity contribution in [2.75, 3.05) is 20.3 Å². The van der Waals surface area contributed by atoms with Gasteiger partial charge >= 0.3 is 0 Å². The predicted octanol–water partition coefficient (Wildman–Crippen LogP) is 3.94. The maximum Gasteiger partial charge on any atom is 0.119 e. The van der Waals surface area contributed by atoms with E-state index in [4.69, 9.17) is 9.47 Å². The fourth-order valence-corrected chi connectivity index (χ4v) is 2.36. The Labute approximate surface area is 123 Å². The van der Waals surface area contributed by atoms with Crippen LogP contribution in [0.5, 0.6) is 5.75 Å². The van der Waals surface area contributed by atoms with Crippen molar-refractivity contribution in [2.45, 2.75) is 52.2 Å². The highest BCUT2D eigenvalue weighted by Crippen LogP contribution is 2.32. The molecule has 1 aromatic carbocycles. The monoisotopic (exact) mass is 279 g/mol. The van der Waals surface area contributed by atoms with Gasteiger partial charge in [0.1, 0.15) is 5.75 Å². The zero-order valence-corrected chi connectivity index (χ0v) is 13.5. The summed E-state index contributed by atoms with van der Waals surface area (Å²) in [5.74, 6) is 0.918. The highest BCUT2D eigenvalue weighted by Gasteiger charge is 2.33. The molecule has 114 valence electrons. The summed E-state index contributed by atoms with van der Waals surface area (Å²) in [5, 5.41) is 3.61. The number of rotatable bonds is 9. The second-order valence-electron chi connectivity index (χ2n) is 5.26. The molecule has 0 saturated carbocycles. The van der Waals surface area contributed by atoms with Crippen LogP contribution in [-0.4, -0.2) is 25.9 Å². The second kappa shape index (κ2) is 8.28. The fraction of sp³-hybridized carbons (Fsp3) is 0.647. The Morgan fingerprint density at radius 1 is 1.15 bits per heavy atom. The SMILES string of the molecule is CCCNC(c1ccc(OCC)cc1)C(C)(CC)OC. The molecule has 0 heterocycles. The van der Waals surface area contributed by atoms with E-state index in [2.05, 4.69) is 38.2 Å². The Morgan fingerprint density at radius 2 is 1.80 bits per heavy atom. The van der Waals surface area contributed by atoms with Crippen molar-refractivity contribution in [1.82, 2.24) is 5.32 Å². The van der Waals surface area contributed by atoms with E-state index in [1.807, 2.05) is 19.1 Å². The van der Waals surface area contributed by atoms with Crippen LogP contribution in [0.4, 0.5) is 0 Å². The van der Waals surface area contributed by atoms with Crippen LogP contribution in [0.3, 0.4) is 0 Å². The van der Waals surface area contributed by atoms with E-state index in [-0.39, 0.29) is 11.6 Å². The van der Waals surface area contributed by atoms with Crippen LogP contribution in [-0.2, 0) is 4.74 Å². The number of hydrogen-bond acceptors (Lipinski definition) is 3. The zero-order valence-electron chi connectivity index (χ0n) is 13.5. The van der Waals surface area contributed by atoms with E-state index in [0.717, 1.165) is 25.1 Å². The molecule has 0 radical (unpaired) electrons. The molecule has 1 N–H and O–H groups in total. The van der Waals surface area contributed by atoms with Crippen molar-refractivity contribution in [3.63, 3.8) is 0 Å². The molecule has 0 spiro atoms. The third-order valence-corrected chi connectivity index (χ3v) is 3.90. The Bertz CT molecular complexity index is 371. The maximum absolute atomic E-state index is 5.78. The van der Waals surface area contributed by atoms with Crippen molar-refractivity contribution >= 4 is 0 Å². The summed E-state index contributed by atoms with van der Waals surface area (Å²) in [6.45, 7) is 10.2. The summed E-state index contributed by atoms with van der Waals surface area (Å²) < 4.78 is 11.3. The number of benzene rings is 1. The average Bonchev–Trinajstić information content (AvgIpc) is 2.49. The Morgan fingerprint density at radius 3 is 2.25 bits per heavy atom. The minimum absolute atomic E-state index is 0.188. The summed E-state index contributed by atoms with van der Waals surface area (Å²) in [6.07, 6.45) is 2.06. The molecule has 0 aliphatic rings. The molecule has 0 aromatic heterocycles. The van der Waals surface area contributed by atoms with Gasteiger partial charge in [-0.05, 0) is 50.9 Å². The lowest BCUT2D eigenvalue weighted by molar-refractivity contribution is -0.0299. The van der Waals surface area contributed by atoms with E-state index < -0.39 is 0 Å². The van der Waals surface area contributed by atoms with Gasteiger partial charge in [0.2, 0.25) is 0 Å². The van der Waals surface area contributed by atoms with Crippen LogP contribution in [0.25, 0.3) is 0 Å². The minimum atomic E-state index is -0.206. The molecule has 2 unspecified atom stereocenters. The first-order chi connectivity index (χ1) is 9.61. The van der Waals surface area contributed by atoms with Crippen LogP contribution in [0.2, 0.25) is 0 Å². The summed E-state index contributed by atoms with van der Waals surface area (Å²) in [4.78, 5) is 0. The zero-order chi connectivity index (χ0) is 15.0. The van der Waals surface area contributed by atoms with Gasteiger partial charge in [0, 0.05) is 7.11 Å². The van der Waals surface area contributed by atoms with Gasteiger partial charge in [-0.3, -0.25) is 0 Å². The van der Waals surface area contributed by atoms with Crippen molar-refractivity contribution in [2.24, 2.45) is 0 Å². The third-order valence-electron chi connectivity index (χ3n) is 3.90. The first-order valence-corrected chi connectivity index (χ1v) is 7.62. The highest BCUT2D eigenvalue weighted by atomic mass is 16.5. The molecule has 0 bridgehead atoms. The molecule has 20 heavy (non-hydrogen) atoms. The average molecular weight is 279 g/mol. The van der Waals surface area contributed by atoms with Gasteiger partial charge in [-0.1, -0.05) is 26.0 Å². The minimum Gasteiger partial charge on any atom is -0.494 e. The first-order valence-electron chi connectivity index (χ1n) is 7.62. The summed E-state index contributed by atoms with van der Waals surface area (Å²) >= 11 is 0. The smallest absolute Gasteiger partial charge is 0.119 e. The molecule has 0 aliphatic carbocycles. The van der Waals surface area contributed by atoms with Crippen LogP contribution in [0.15, 0.2) is 24.3 Å². The normalized spacial score (nSPS) is 15.7. The number of ether oxygens (including phenoxy) is 2. The van der Waals surface area contributed by atoms with Crippen molar-refractivity contribution in [3.05, 3.63) is 29.8 Å². The molecule has 1 rings (SSSR count). The Hall–Kier alpha value is -1.06.